The molecule has 0 amide bonds. The molecular weight excluding hydrogens is 392 g/mol. The molecule has 0 aliphatic carbocycles. The van der Waals surface area contributed by atoms with E-state index in [1.807, 2.05) is 18.2 Å². The summed E-state index contributed by atoms with van der Waals surface area (Å²) in [5.41, 5.74) is 0.727. The fraction of sp³-hybridized carbons (Fsp3) is 0.0455. The van der Waals surface area contributed by atoms with Gasteiger partial charge in [0.15, 0.2) is 0 Å². The first kappa shape index (κ1) is 18.7. The highest BCUT2D eigenvalue weighted by Crippen LogP contribution is 2.25. The molecule has 29 heavy (non-hydrogen) atoms. The molecular formula is C22H15ClN2O4. The van der Waals surface area contributed by atoms with E-state index < -0.39 is 5.97 Å². The fourth-order valence-corrected chi connectivity index (χ4v) is 2.92. The Balaban J connectivity index is 1.53. The molecule has 0 fully saturated rings. The quantitative estimate of drug-likeness (QED) is 0.456. The fourth-order valence-electron chi connectivity index (χ4n) is 2.76. The molecule has 0 aliphatic rings. The average Bonchev–Trinajstić information content (AvgIpc) is 2.74. The van der Waals surface area contributed by atoms with Crippen LogP contribution in [-0.2, 0) is 11.3 Å². The molecule has 0 saturated carbocycles. The van der Waals surface area contributed by atoms with Crippen molar-refractivity contribution < 1.29 is 14.3 Å². The Morgan fingerprint density at radius 1 is 1.00 bits per heavy atom. The first-order valence-electron chi connectivity index (χ1n) is 8.77. The van der Waals surface area contributed by atoms with E-state index in [2.05, 4.69) is 4.98 Å². The zero-order chi connectivity index (χ0) is 20.2. The van der Waals surface area contributed by atoms with E-state index in [0.717, 1.165) is 0 Å². The lowest BCUT2D eigenvalue weighted by atomic mass is 10.2. The van der Waals surface area contributed by atoms with Gasteiger partial charge in [-0.1, -0.05) is 41.9 Å². The van der Waals surface area contributed by atoms with Crippen molar-refractivity contribution >= 4 is 23.2 Å². The Morgan fingerprint density at radius 2 is 1.76 bits per heavy atom. The Morgan fingerprint density at radius 3 is 2.59 bits per heavy atom. The normalized spacial score (nSPS) is 10.7. The number of ether oxygens (including phenoxy) is 2. The smallest absolute Gasteiger partial charge is 0.342 e. The van der Waals surface area contributed by atoms with E-state index in [4.69, 9.17) is 21.1 Å². The zero-order valence-corrected chi connectivity index (χ0v) is 15.9. The van der Waals surface area contributed by atoms with Gasteiger partial charge in [-0.3, -0.25) is 9.20 Å². The van der Waals surface area contributed by atoms with Gasteiger partial charge in [0.2, 0.25) is 0 Å². The van der Waals surface area contributed by atoms with Crippen LogP contribution in [-0.4, -0.2) is 15.4 Å². The number of nitrogens with zero attached hydrogens (tertiary/aromatic N) is 2. The summed E-state index contributed by atoms with van der Waals surface area (Å²) in [5, 5.41) is 0.426. The number of rotatable bonds is 5. The first-order chi connectivity index (χ1) is 14.1. The van der Waals surface area contributed by atoms with Gasteiger partial charge in [-0.25, -0.2) is 9.78 Å². The summed E-state index contributed by atoms with van der Waals surface area (Å²) in [4.78, 5) is 29.1. The Hall–Kier alpha value is -3.64. The predicted octanol–water partition coefficient (Wildman–Crippen LogP) is 4.50. The van der Waals surface area contributed by atoms with Gasteiger partial charge in [0, 0.05) is 12.3 Å². The Bertz CT molecular complexity index is 1240. The molecule has 0 bridgehead atoms. The lowest BCUT2D eigenvalue weighted by molar-refractivity contribution is 0.0465. The number of para-hydroxylation sites is 2. The molecule has 0 unspecified atom stereocenters. The van der Waals surface area contributed by atoms with Crippen molar-refractivity contribution in [2.75, 3.05) is 0 Å². The molecule has 2 aromatic carbocycles. The topological polar surface area (TPSA) is 69.9 Å². The SMILES string of the molecule is O=C(OCc1cc(=O)n2cc(Cl)ccc2n1)c1ccccc1Oc1ccccc1. The molecule has 0 atom stereocenters. The van der Waals surface area contributed by atoms with E-state index in [9.17, 15) is 9.59 Å². The van der Waals surface area contributed by atoms with Crippen LogP contribution in [0.15, 0.2) is 83.8 Å². The number of esters is 1. The zero-order valence-electron chi connectivity index (χ0n) is 15.1. The number of carbonyl (C=O) groups excluding carboxylic acids is 1. The van der Waals surface area contributed by atoms with Crippen LogP contribution in [0, 0.1) is 0 Å². The van der Waals surface area contributed by atoms with E-state index in [1.54, 1.807) is 48.5 Å². The standard InChI is InChI=1S/C22H15ClN2O4/c23-15-10-11-20-24-16(12-21(26)25(20)13-15)14-28-22(27)18-8-4-5-9-19(18)29-17-6-2-1-3-7-17/h1-13H,14H2. The van der Waals surface area contributed by atoms with Gasteiger partial charge < -0.3 is 9.47 Å². The minimum atomic E-state index is -0.574. The summed E-state index contributed by atoms with van der Waals surface area (Å²) in [6.07, 6.45) is 1.49. The monoisotopic (exact) mass is 406 g/mol. The molecule has 2 heterocycles. The second-order valence-electron chi connectivity index (χ2n) is 6.15. The highest BCUT2D eigenvalue weighted by atomic mass is 35.5. The number of hydrogen-bond acceptors (Lipinski definition) is 5. The molecule has 2 aromatic heterocycles. The first-order valence-corrected chi connectivity index (χ1v) is 9.15. The lowest BCUT2D eigenvalue weighted by Crippen LogP contribution is -2.16. The van der Waals surface area contributed by atoms with Crippen molar-refractivity contribution in [3.8, 4) is 11.5 Å². The lowest BCUT2D eigenvalue weighted by Gasteiger charge is -2.11. The van der Waals surface area contributed by atoms with Gasteiger partial charge in [-0.05, 0) is 36.4 Å². The Labute approximate surface area is 170 Å². The third-order valence-corrected chi connectivity index (χ3v) is 4.33. The minimum absolute atomic E-state index is 0.146. The van der Waals surface area contributed by atoms with Gasteiger partial charge >= 0.3 is 5.97 Å². The number of hydrogen-bond donors (Lipinski definition) is 0. The predicted molar refractivity (Wildman–Crippen MR) is 109 cm³/mol. The van der Waals surface area contributed by atoms with Gasteiger partial charge in [-0.2, -0.15) is 0 Å². The van der Waals surface area contributed by atoms with Crippen LogP contribution >= 0.6 is 11.6 Å². The van der Waals surface area contributed by atoms with Crippen LogP contribution in [0.1, 0.15) is 16.1 Å². The molecule has 4 rings (SSSR count). The van der Waals surface area contributed by atoms with Crippen LogP contribution in [0.5, 0.6) is 11.5 Å². The third-order valence-electron chi connectivity index (χ3n) is 4.11. The van der Waals surface area contributed by atoms with Crippen molar-refractivity contribution in [3.05, 3.63) is 106 Å². The third kappa shape index (κ3) is 4.28. The second-order valence-corrected chi connectivity index (χ2v) is 6.59. The number of carbonyl (C=O) groups is 1. The maximum absolute atomic E-state index is 12.6. The average molecular weight is 407 g/mol. The Kier molecular flexibility index (Phi) is 5.27. The number of fused-ring (bicyclic) bond motifs is 1. The largest absolute Gasteiger partial charge is 0.456 e. The van der Waals surface area contributed by atoms with Crippen LogP contribution in [0.4, 0.5) is 0 Å². The van der Waals surface area contributed by atoms with Gasteiger partial charge in [0.1, 0.15) is 29.3 Å². The molecule has 4 aromatic rings. The second kappa shape index (κ2) is 8.16. The van der Waals surface area contributed by atoms with E-state index in [0.29, 0.717) is 27.9 Å². The van der Waals surface area contributed by atoms with Crippen LogP contribution in [0.25, 0.3) is 5.65 Å². The van der Waals surface area contributed by atoms with Crippen molar-refractivity contribution in [3.63, 3.8) is 0 Å². The van der Waals surface area contributed by atoms with Crippen molar-refractivity contribution in [1.82, 2.24) is 9.38 Å². The molecule has 0 radical (unpaired) electrons. The van der Waals surface area contributed by atoms with Crippen molar-refractivity contribution in [2.24, 2.45) is 0 Å². The number of halogens is 1. The summed E-state index contributed by atoms with van der Waals surface area (Å²) in [7, 11) is 0. The highest BCUT2D eigenvalue weighted by Gasteiger charge is 2.15. The molecule has 0 aliphatic heterocycles. The van der Waals surface area contributed by atoms with Crippen LogP contribution in [0.3, 0.4) is 0 Å². The summed E-state index contributed by atoms with van der Waals surface area (Å²) in [5.74, 6) is 0.412. The van der Waals surface area contributed by atoms with Crippen LogP contribution in [0.2, 0.25) is 5.02 Å². The van der Waals surface area contributed by atoms with Crippen molar-refractivity contribution in [1.29, 1.82) is 0 Å². The molecule has 7 heteroatoms. The van der Waals surface area contributed by atoms with Crippen LogP contribution < -0.4 is 10.3 Å². The van der Waals surface area contributed by atoms with Gasteiger partial charge in [0.05, 0.1) is 10.7 Å². The van der Waals surface area contributed by atoms with E-state index in [1.165, 1.54) is 16.7 Å². The molecule has 144 valence electrons. The maximum atomic E-state index is 12.6. The summed E-state index contributed by atoms with van der Waals surface area (Å²) >= 11 is 5.91. The van der Waals surface area contributed by atoms with Crippen molar-refractivity contribution in [2.45, 2.75) is 6.61 Å². The van der Waals surface area contributed by atoms with Gasteiger partial charge in [0.25, 0.3) is 5.56 Å². The maximum Gasteiger partial charge on any atom is 0.342 e. The van der Waals surface area contributed by atoms with E-state index in [-0.39, 0.29) is 17.7 Å². The molecule has 0 N–H and O–H groups in total. The number of aromatic nitrogens is 2. The highest BCUT2D eigenvalue weighted by molar-refractivity contribution is 6.30. The summed E-state index contributed by atoms with van der Waals surface area (Å²) < 4.78 is 12.5. The number of benzene rings is 2. The van der Waals surface area contributed by atoms with Gasteiger partial charge in [-0.15, -0.1) is 0 Å². The summed E-state index contributed by atoms with van der Waals surface area (Å²) in [6, 6.07) is 20.5. The number of pyridine rings is 1. The molecule has 6 nitrogen and oxygen atoms in total. The summed E-state index contributed by atoms with van der Waals surface area (Å²) in [6.45, 7) is -0.146. The molecule has 0 spiro atoms. The van der Waals surface area contributed by atoms with E-state index >= 15 is 0 Å². The molecule has 0 saturated heterocycles. The minimum Gasteiger partial charge on any atom is -0.456 e.